The Kier molecular flexibility index (Phi) is 6.39. The van der Waals surface area contributed by atoms with E-state index >= 15 is 0 Å². The standard InChI is InChI=1S/C15H16ClN3O4S/c1-3-23-12(21)6-10-8-24-15(18-10)19-17-7-9-4-5-11(20)14(22-2)13(9)16/h4-5,7-8,20H,3,6H2,1-2H3,(H,18,19). The van der Waals surface area contributed by atoms with Gasteiger partial charge in [0, 0.05) is 10.9 Å². The fraction of sp³-hybridized carbons (Fsp3) is 0.267. The van der Waals surface area contributed by atoms with Crippen molar-refractivity contribution in [3.05, 3.63) is 33.8 Å². The van der Waals surface area contributed by atoms with Gasteiger partial charge in [-0.1, -0.05) is 11.6 Å². The average molecular weight is 370 g/mol. The van der Waals surface area contributed by atoms with Gasteiger partial charge in [0.05, 0.1) is 37.1 Å². The molecule has 0 spiro atoms. The summed E-state index contributed by atoms with van der Waals surface area (Å²) in [6.07, 6.45) is 1.60. The number of aromatic nitrogens is 1. The first-order valence-electron chi connectivity index (χ1n) is 6.99. The molecule has 0 saturated carbocycles. The number of thiazole rings is 1. The largest absolute Gasteiger partial charge is 0.504 e. The minimum atomic E-state index is -0.319. The van der Waals surface area contributed by atoms with E-state index in [-0.39, 0.29) is 28.9 Å². The van der Waals surface area contributed by atoms with E-state index in [4.69, 9.17) is 21.1 Å². The van der Waals surface area contributed by atoms with Crippen molar-refractivity contribution in [1.82, 2.24) is 4.98 Å². The fourth-order valence-electron chi connectivity index (χ4n) is 1.81. The summed E-state index contributed by atoms with van der Waals surface area (Å²) >= 11 is 7.44. The van der Waals surface area contributed by atoms with E-state index in [1.165, 1.54) is 30.7 Å². The maximum Gasteiger partial charge on any atom is 0.311 e. The number of hydrogen-bond acceptors (Lipinski definition) is 8. The Hall–Kier alpha value is -2.32. The molecule has 2 rings (SSSR count). The zero-order valence-corrected chi connectivity index (χ0v) is 14.6. The van der Waals surface area contributed by atoms with Crippen LogP contribution in [0.4, 0.5) is 5.13 Å². The summed E-state index contributed by atoms with van der Waals surface area (Å²) in [6, 6.07) is 3.08. The number of ether oxygens (including phenoxy) is 2. The number of nitrogens with one attached hydrogen (secondary N) is 1. The first kappa shape index (κ1) is 18.0. The van der Waals surface area contributed by atoms with Crippen LogP contribution >= 0.6 is 22.9 Å². The Balaban J connectivity index is 2.00. The molecule has 24 heavy (non-hydrogen) atoms. The molecule has 0 fully saturated rings. The van der Waals surface area contributed by atoms with Gasteiger partial charge in [0.1, 0.15) is 0 Å². The number of hydrogen-bond donors (Lipinski definition) is 2. The predicted octanol–water partition coefficient (Wildman–Crippen LogP) is 3.06. The van der Waals surface area contributed by atoms with Crippen molar-refractivity contribution in [1.29, 1.82) is 0 Å². The van der Waals surface area contributed by atoms with Crippen molar-refractivity contribution in [2.75, 3.05) is 19.1 Å². The minimum absolute atomic E-state index is 0.0452. The van der Waals surface area contributed by atoms with Gasteiger partial charge in [-0.25, -0.2) is 4.98 Å². The molecule has 0 aliphatic heterocycles. The third-order valence-corrected chi connectivity index (χ3v) is 4.04. The van der Waals surface area contributed by atoms with Crippen molar-refractivity contribution >= 4 is 40.3 Å². The molecule has 0 radical (unpaired) electrons. The third-order valence-electron chi connectivity index (χ3n) is 2.86. The molecule has 1 heterocycles. The molecule has 128 valence electrons. The first-order valence-corrected chi connectivity index (χ1v) is 8.25. The van der Waals surface area contributed by atoms with Crippen molar-refractivity contribution in [3.63, 3.8) is 0 Å². The van der Waals surface area contributed by atoms with Gasteiger partial charge in [0.15, 0.2) is 11.5 Å². The van der Waals surface area contributed by atoms with Crippen LogP contribution in [0.5, 0.6) is 11.5 Å². The van der Waals surface area contributed by atoms with E-state index in [1.807, 2.05) is 0 Å². The smallest absolute Gasteiger partial charge is 0.311 e. The quantitative estimate of drug-likeness (QED) is 0.442. The monoisotopic (exact) mass is 369 g/mol. The third kappa shape index (κ3) is 4.59. The minimum Gasteiger partial charge on any atom is -0.504 e. The van der Waals surface area contributed by atoms with Gasteiger partial charge >= 0.3 is 5.97 Å². The van der Waals surface area contributed by atoms with Crippen molar-refractivity contribution in [3.8, 4) is 11.5 Å². The zero-order chi connectivity index (χ0) is 17.5. The van der Waals surface area contributed by atoms with Crippen LogP contribution in [0, 0.1) is 0 Å². The second kappa shape index (κ2) is 8.51. The van der Waals surface area contributed by atoms with Crippen LogP contribution in [-0.2, 0) is 16.0 Å². The van der Waals surface area contributed by atoms with Crippen LogP contribution < -0.4 is 10.2 Å². The number of carbonyl (C=O) groups is 1. The molecule has 1 aromatic carbocycles. The maximum atomic E-state index is 11.4. The fourth-order valence-corrected chi connectivity index (χ4v) is 2.76. The number of aromatic hydroxyl groups is 1. The molecule has 0 unspecified atom stereocenters. The highest BCUT2D eigenvalue weighted by Gasteiger charge is 2.11. The van der Waals surface area contributed by atoms with Crippen LogP contribution in [0.2, 0.25) is 5.02 Å². The highest BCUT2D eigenvalue weighted by molar-refractivity contribution is 7.13. The molecule has 0 aliphatic rings. The van der Waals surface area contributed by atoms with Gasteiger partial charge in [0.25, 0.3) is 0 Å². The van der Waals surface area contributed by atoms with Gasteiger partial charge in [-0.05, 0) is 19.1 Å². The lowest BCUT2D eigenvalue weighted by atomic mass is 10.2. The number of rotatable bonds is 7. The van der Waals surface area contributed by atoms with Crippen LogP contribution in [0.3, 0.4) is 0 Å². The van der Waals surface area contributed by atoms with Gasteiger partial charge in [-0.2, -0.15) is 5.10 Å². The van der Waals surface area contributed by atoms with Gasteiger partial charge in [-0.15, -0.1) is 11.3 Å². The number of methoxy groups -OCH3 is 1. The number of nitrogens with zero attached hydrogens (tertiary/aromatic N) is 2. The van der Waals surface area contributed by atoms with E-state index in [1.54, 1.807) is 18.4 Å². The Labute approximate surface area is 147 Å². The number of phenolic OH excluding ortho intramolecular Hbond substituents is 1. The number of esters is 1. The maximum absolute atomic E-state index is 11.4. The lowest BCUT2D eigenvalue weighted by molar-refractivity contribution is -0.142. The number of phenols is 1. The molecule has 0 bridgehead atoms. The Morgan fingerprint density at radius 1 is 1.54 bits per heavy atom. The Morgan fingerprint density at radius 2 is 2.33 bits per heavy atom. The highest BCUT2D eigenvalue weighted by Crippen LogP contribution is 2.35. The molecule has 9 heteroatoms. The average Bonchev–Trinajstić information content (AvgIpc) is 2.97. The van der Waals surface area contributed by atoms with E-state index in [0.717, 1.165) is 0 Å². The summed E-state index contributed by atoms with van der Waals surface area (Å²) in [4.78, 5) is 15.6. The molecular formula is C15H16ClN3O4S. The van der Waals surface area contributed by atoms with Crippen LogP contribution in [-0.4, -0.2) is 36.0 Å². The van der Waals surface area contributed by atoms with Crippen molar-refractivity contribution in [2.24, 2.45) is 5.10 Å². The lowest BCUT2D eigenvalue weighted by Crippen LogP contribution is -2.07. The van der Waals surface area contributed by atoms with Gasteiger partial charge < -0.3 is 14.6 Å². The number of hydrazone groups is 1. The van der Waals surface area contributed by atoms with Crippen LogP contribution in [0.1, 0.15) is 18.2 Å². The number of benzene rings is 1. The van der Waals surface area contributed by atoms with Crippen LogP contribution in [0.25, 0.3) is 0 Å². The lowest BCUT2D eigenvalue weighted by Gasteiger charge is -2.07. The highest BCUT2D eigenvalue weighted by atomic mass is 35.5. The van der Waals surface area contributed by atoms with Crippen LogP contribution in [0.15, 0.2) is 22.6 Å². The molecule has 0 atom stereocenters. The summed E-state index contributed by atoms with van der Waals surface area (Å²) in [5, 5.41) is 16.2. The number of anilines is 1. The van der Waals surface area contributed by atoms with Crippen molar-refractivity contribution in [2.45, 2.75) is 13.3 Å². The van der Waals surface area contributed by atoms with E-state index in [2.05, 4.69) is 15.5 Å². The SMILES string of the molecule is CCOC(=O)Cc1csc(NN=Cc2ccc(O)c(OC)c2Cl)n1. The molecule has 2 N–H and O–H groups in total. The molecule has 1 aromatic heterocycles. The summed E-state index contributed by atoms with van der Waals surface area (Å²) in [5.74, 6) is -0.177. The van der Waals surface area contributed by atoms with Crippen molar-refractivity contribution < 1.29 is 19.4 Å². The summed E-state index contributed by atoms with van der Waals surface area (Å²) in [5.41, 5.74) is 3.94. The predicted molar refractivity (Wildman–Crippen MR) is 93.3 cm³/mol. The molecule has 7 nitrogen and oxygen atoms in total. The summed E-state index contributed by atoms with van der Waals surface area (Å²) < 4.78 is 9.89. The molecule has 0 saturated heterocycles. The molecule has 0 amide bonds. The summed E-state index contributed by atoms with van der Waals surface area (Å²) in [6.45, 7) is 2.10. The van der Waals surface area contributed by atoms with Gasteiger partial charge in [-0.3, -0.25) is 10.2 Å². The molecule has 0 aliphatic carbocycles. The second-order valence-corrected chi connectivity index (χ2v) is 5.75. The topological polar surface area (TPSA) is 93.0 Å². The zero-order valence-electron chi connectivity index (χ0n) is 13.1. The van der Waals surface area contributed by atoms with E-state index in [9.17, 15) is 9.90 Å². The second-order valence-electron chi connectivity index (χ2n) is 4.52. The number of halogens is 1. The normalized spacial score (nSPS) is 10.8. The Bertz CT molecular complexity index is 748. The van der Waals surface area contributed by atoms with E-state index in [0.29, 0.717) is 23.0 Å². The molecular weight excluding hydrogens is 354 g/mol. The van der Waals surface area contributed by atoms with Gasteiger partial charge in [0.2, 0.25) is 5.13 Å². The number of carbonyl (C=O) groups excluding carboxylic acids is 1. The first-order chi connectivity index (χ1) is 11.5. The Morgan fingerprint density at radius 3 is 3.04 bits per heavy atom. The summed E-state index contributed by atoms with van der Waals surface area (Å²) in [7, 11) is 1.42. The molecule has 2 aromatic rings. The van der Waals surface area contributed by atoms with E-state index < -0.39 is 0 Å².